The molecular formula is C17H16FN3O. The Kier molecular flexibility index (Phi) is 4.25. The molecule has 3 rings (SSSR count). The summed E-state index contributed by atoms with van der Waals surface area (Å²) in [4.78, 5) is 1.93. The van der Waals surface area contributed by atoms with Gasteiger partial charge in [0, 0.05) is 17.7 Å². The van der Waals surface area contributed by atoms with E-state index >= 15 is 0 Å². The summed E-state index contributed by atoms with van der Waals surface area (Å²) in [6.07, 6.45) is 0. The summed E-state index contributed by atoms with van der Waals surface area (Å²) in [5, 5.41) is 8.09. The zero-order valence-corrected chi connectivity index (χ0v) is 12.2. The van der Waals surface area contributed by atoms with E-state index in [9.17, 15) is 4.39 Å². The molecule has 0 fully saturated rings. The van der Waals surface area contributed by atoms with E-state index in [1.165, 1.54) is 6.07 Å². The Morgan fingerprint density at radius 1 is 0.955 bits per heavy atom. The van der Waals surface area contributed by atoms with Crippen LogP contribution in [0.5, 0.6) is 0 Å². The fraction of sp³-hybridized carbons (Fsp3) is 0.176. The molecule has 0 atom stereocenters. The predicted octanol–water partition coefficient (Wildman–Crippen LogP) is 3.51. The number of rotatable bonds is 5. The van der Waals surface area contributed by atoms with Crippen molar-refractivity contribution in [3.8, 4) is 11.5 Å². The third kappa shape index (κ3) is 3.38. The van der Waals surface area contributed by atoms with E-state index in [2.05, 4.69) is 10.2 Å². The van der Waals surface area contributed by atoms with Crippen molar-refractivity contribution in [3.05, 3.63) is 71.9 Å². The van der Waals surface area contributed by atoms with Crippen LogP contribution in [-0.2, 0) is 13.1 Å². The molecule has 2 aromatic carbocycles. The first-order valence-corrected chi connectivity index (χ1v) is 7.02. The highest BCUT2D eigenvalue weighted by molar-refractivity contribution is 5.51. The van der Waals surface area contributed by atoms with E-state index in [0.29, 0.717) is 30.4 Å². The van der Waals surface area contributed by atoms with Gasteiger partial charge in [0.15, 0.2) is 0 Å². The predicted molar refractivity (Wildman–Crippen MR) is 81.3 cm³/mol. The molecule has 0 spiro atoms. The van der Waals surface area contributed by atoms with Gasteiger partial charge in [-0.3, -0.25) is 4.90 Å². The number of aromatic nitrogens is 2. The molecule has 0 radical (unpaired) electrons. The van der Waals surface area contributed by atoms with Crippen LogP contribution in [0, 0.1) is 5.82 Å². The van der Waals surface area contributed by atoms with E-state index in [4.69, 9.17) is 4.42 Å². The van der Waals surface area contributed by atoms with Gasteiger partial charge in [-0.1, -0.05) is 36.4 Å². The van der Waals surface area contributed by atoms with Crippen molar-refractivity contribution < 1.29 is 8.81 Å². The Labute approximate surface area is 128 Å². The van der Waals surface area contributed by atoms with Gasteiger partial charge in [-0.15, -0.1) is 10.2 Å². The fourth-order valence-corrected chi connectivity index (χ4v) is 2.22. The van der Waals surface area contributed by atoms with Crippen molar-refractivity contribution in [1.82, 2.24) is 15.1 Å². The molecule has 5 heteroatoms. The van der Waals surface area contributed by atoms with Gasteiger partial charge in [0.1, 0.15) is 5.82 Å². The maximum atomic E-state index is 13.6. The molecule has 0 unspecified atom stereocenters. The summed E-state index contributed by atoms with van der Waals surface area (Å²) in [7, 11) is 1.89. The van der Waals surface area contributed by atoms with Crippen LogP contribution in [0.1, 0.15) is 11.5 Å². The first-order chi connectivity index (χ1) is 10.7. The van der Waals surface area contributed by atoms with Crippen molar-refractivity contribution in [1.29, 1.82) is 0 Å². The van der Waals surface area contributed by atoms with Crippen molar-refractivity contribution >= 4 is 0 Å². The van der Waals surface area contributed by atoms with Crippen LogP contribution < -0.4 is 0 Å². The summed E-state index contributed by atoms with van der Waals surface area (Å²) >= 11 is 0. The summed E-state index contributed by atoms with van der Waals surface area (Å²) in [6, 6.07) is 16.4. The number of benzene rings is 2. The Morgan fingerprint density at radius 2 is 1.68 bits per heavy atom. The molecule has 3 aromatic rings. The molecule has 0 saturated heterocycles. The van der Waals surface area contributed by atoms with Gasteiger partial charge in [-0.25, -0.2) is 4.39 Å². The van der Waals surface area contributed by atoms with E-state index in [1.54, 1.807) is 12.1 Å². The van der Waals surface area contributed by atoms with Crippen LogP contribution >= 0.6 is 0 Å². The third-order valence-corrected chi connectivity index (χ3v) is 3.29. The van der Waals surface area contributed by atoms with Gasteiger partial charge in [0.2, 0.25) is 11.8 Å². The van der Waals surface area contributed by atoms with Gasteiger partial charge < -0.3 is 4.42 Å². The molecule has 0 aliphatic carbocycles. The second-order valence-corrected chi connectivity index (χ2v) is 5.13. The highest BCUT2D eigenvalue weighted by Crippen LogP contribution is 2.18. The van der Waals surface area contributed by atoms with Crippen LogP contribution in [-0.4, -0.2) is 22.1 Å². The van der Waals surface area contributed by atoms with E-state index in [1.807, 2.05) is 48.3 Å². The van der Waals surface area contributed by atoms with Crippen molar-refractivity contribution in [2.24, 2.45) is 0 Å². The Balaban J connectivity index is 1.66. The van der Waals surface area contributed by atoms with E-state index in [-0.39, 0.29) is 5.82 Å². The SMILES string of the molecule is CN(Cc1nnc(-c2ccccc2)o1)Cc1ccccc1F. The van der Waals surface area contributed by atoms with Crippen LogP contribution in [0.4, 0.5) is 4.39 Å². The summed E-state index contributed by atoms with van der Waals surface area (Å²) in [6.45, 7) is 0.948. The summed E-state index contributed by atoms with van der Waals surface area (Å²) in [5.41, 5.74) is 1.53. The summed E-state index contributed by atoms with van der Waals surface area (Å²) < 4.78 is 19.3. The smallest absolute Gasteiger partial charge is 0.247 e. The van der Waals surface area contributed by atoms with Gasteiger partial charge in [0.25, 0.3) is 0 Å². The van der Waals surface area contributed by atoms with Crippen LogP contribution in [0.3, 0.4) is 0 Å². The zero-order valence-electron chi connectivity index (χ0n) is 12.2. The van der Waals surface area contributed by atoms with E-state index < -0.39 is 0 Å². The first kappa shape index (κ1) is 14.4. The molecule has 0 aliphatic rings. The quantitative estimate of drug-likeness (QED) is 0.723. The van der Waals surface area contributed by atoms with Gasteiger partial charge >= 0.3 is 0 Å². The minimum atomic E-state index is -0.204. The Morgan fingerprint density at radius 3 is 2.45 bits per heavy atom. The number of hydrogen-bond donors (Lipinski definition) is 0. The largest absolute Gasteiger partial charge is 0.419 e. The molecule has 4 nitrogen and oxygen atoms in total. The topological polar surface area (TPSA) is 42.2 Å². The second-order valence-electron chi connectivity index (χ2n) is 5.13. The van der Waals surface area contributed by atoms with Crippen molar-refractivity contribution in [2.45, 2.75) is 13.1 Å². The highest BCUT2D eigenvalue weighted by Gasteiger charge is 2.11. The zero-order chi connectivity index (χ0) is 15.4. The molecule has 1 heterocycles. The minimum absolute atomic E-state index is 0.204. The fourth-order valence-electron chi connectivity index (χ4n) is 2.22. The first-order valence-electron chi connectivity index (χ1n) is 7.02. The number of halogens is 1. The number of hydrogen-bond acceptors (Lipinski definition) is 4. The molecule has 0 bridgehead atoms. The van der Waals surface area contributed by atoms with Crippen molar-refractivity contribution in [2.75, 3.05) is 7.05 Å². The maximum absolute atomic E-state index is 13.6. The van der Waals surface area contributed by atoms with Crippen LogP contribution in [0.2, 0.25) is 0 Å². The Hall–Kier alpha value is -2.53. The average Bonchev–Trinajstić information content (AvgIpc) is 2.99. The monoisotopic (exact) mass is 297 g/mol. The van der Waals surface area contributed by atoms with Crippen LogP contribution in [0.15, 0.2) is 59.0 Å². The van der Waals surface area contributed by atoms with Crippen molar-refractivity contribution in [3.63, 3.8) is 0 Å². The average molecular weight is 297 g/mol. The Bertz CT molecular complexity index is 742. The summed E-state index contributed by atoms with van der Waals surface area (Å²) in [5.74, 6) is 0.803. The lowest BCUT2D eigenvalue weighted by atomic mass is 10.2. The molecule has 0 saturated carbocycles. The normalized spacial score (nSPS) is 11.0. The lowest BCUT2D eigenvalue weighted by Gasteiger charge is -2.14. The molecular weight excluding hydrogens is 281 g/mol. The minimum Gasteiger partial charge on any atom is -0.419 e. The molecule has 22 heavy (non-hydrogen) atoms. The lowest BCUT2D eigenvalue weighted by molar-refractivity contribution is 0.279. The molecule has 112 valence electrons. The van der Waals surface area contributed by atoms with Gasteiger partial charge in [0.05, 0.1) is 6.54 Å². The standard InChI is InChI=1S/C17H16FN3O/c1-21(11-14-9-5-6-10-15(14)18)12-16-19-20-17(22-16)13-7-3-2-4-8-13/h2-10H,11-12H2,1H3. The highest BCUT2D eigenvalue weighted by atomic mass is 19.1. The molecule has 0 N–H and O–H groups in total. The molecule has 0 amide bonds. The van der Waals surface area contributed by atoms with E-state index in [0.717, 1.165) is 5.56 Å². The van der Waals surface area contributed by atoms with Crippen LogP contribution in [0.25, 0.3) is 11.5 Å². The molecule has 0 aliphatic heterocycles. The third-order valence-electron chi connectivity index (χ3n) is 3.29. The lowest BCUT2D eigenvalue weighted by Crippen LogP contribution is -2.18. The van der Waals surface area contributed by atoms with Gasteiger partial charge in [-0.05, 0) is 25.2 Å². The maximum Gasteiger partial charge on any atom is 0.247 e. The van der Waals surface area contributed by atoms with Gasteiger partial charge in [-0.2, -0.15) is 0 Å². The number of nitrogens with zero attached hydrogens (tertiary/aromatic N) is 3. The molecule has 1 aromatic heterocycles. The second kappa shape index (κ2) is 6.49.